The van der Waals surface area contributed by atoms with Crippen LogP contribution in [0.1, 0.15) is 36.5 Å². The maximum atomic E-state index is 13.0. The number of alkyl halides is 3. The van der Waals surface area contributed by atoms with Crippen LogP contribution in [0.3, 0.4) is 0 Å². The van der Waals surface area contributed by atoms with Crippen LogP contribution in [0.5, 0.6) is 0 Å². The molecule has 0 spiro atoms. The van der Waals surface area contributed by atoms with Crippen molar-refractivity contribution in [2.75, 3.05) is 16.0 Å². The van der Waals surface area contributed by atoms with E-state index in [2.05, 4.69) is 26.5 Å². The van der Waals surface area contributed by atoms with Gasteiger partial charge in [-0.25, -0.2) is 22.9 Å². The fourth-order valence-corrected chi connectivity index (χ4v) is 6.14. The third kappa shape index (κ3) is 6.57. The number of rotatable bonds is 6. The Bertz CT molecular complexity index is 2130. The molecule has 0 unspecified atom stereocenters. The Morgan fingerprint density at radius 3 is 2.43 bits per heavy atom. The number of amidine groups is 1. The number of hydrogen-bond donors (Lipinski definition) is 1. The standard InChI is InChI=1S/C30H21F3N8O4S2/c1-17(2)23-9-3-18(13-34)11-25(23)41-26(42)15-46-29(41)38-28(43)37-24-10-4-19(12-20(24)14-35)27-36-16-40(39-27)21-5-7-22(8-6-21)47(44,45)30(31,32)33/h3-12,16-17H,15H2,1-2H3,(H,37,43). The minimum absolute atomic E-state index is 0.00597. The van der Waals surface area contributed by atoms with Crippen molar-refractivity contribution < 1.29 is 31.2 Å². The molecule has 2 heterocycles. The number of urea groups is 1. The average Bonchev–Trinajstić information content (AvgIpc) is 3.67. The molecule has 1 saturated heterocycles. The number of carbonyl (C=O) groups excluding carboxylic acids is 2. The van der Waals surface area contributed by atoms with Gasteiger partial charge in [-0.1, -0.05) is 31.7 Å². The Balaban J connectivity index is 1.36. The Kier molecular flexibility index (Phi) is 8.88. The molecular formula is C30H21F3N8O4S2. The topological polar surface area (TPSA) is 174 Å². The van der Waals surface area contributed by atoms with E-state index in [1.54, 1.807) is 18.2 Å². The fourth-order valence-electron chi connectivity index (χ4n) is 4.52. The van der Waals surface area contributed by atoms with Gasteiger partial charge >= 0.3 is 11.5 Å². The molecule has 17 heteroatoms. The van der Waals surface area contributed by atoms with E-state index < -0.39 is 26.3 Å². The van der Waals surface area contributed by atoms with Crippen LogP contribution in [-0.4, -0.2) is 51.5 Å². The normalized spacial score (nSPS) is 14.3. The predicted molar refractivity (Wildman–Crippen MR) is 166 cm³/mol. The first kappa shape index (κ1) is 32.9. The quantitative estimate of drug-likeness (QED) is 0.266. The van der Waals surface area contributed by atoms with Gasteiger partial charge in [0.2, 0.25) is 5.91 Å². The van der Waals surface area contributed by atoms with Gasteiger partial charge in [-0.3, -0.25) is 9.69 Å². The van der Waals surface area contributed by atoms with Crippen molar-refractivity contribution in [2.45, 2.75) is 30.2 Å². The molecule has 5 rings (SSSR count). The van der Waals surface area contributed by atoms with Crippen molar-refractivity contribution in [1.82, 2.24) is 14.8 Å². The van der Waals surface area contributed by atoms with Crippen LogP contribution in [0.2, 0.25) is 0 Å². The number of nitrogens with zero attached hydrogens (tertiary/aromatic N) is 7. The number of benzene rings is 3. The molecule has 12 nitrogen and oxygen atoms in total. The lowest BCUT2D eigenvalue weighted by molar-refractivity contribution is -0.115. The summed E-state index contributed by atoms with van der Waals surface area (Å²) in [5, 5.41) is 26.1. The van der Waals surface area contributed by atoms with E-state index in [4.69, 9.17) is 0 Å². The number of sulfone groups is 1. The molecule has 238 valence electrons. The molecule has 1 aromatic heterocycles. The third-order valence-corrected chi connectivity index (χ3v) is 9.26. The first-order valence-electron chi connectivity index (χ1n) is 13.5. The number of aliphatic imine (C=N–C) groups is 1. The number of thioether (sulfide) groups is 1. The number of nitriles is 2. The van der Waals surface area contributed by atoms with Gasteiger partial charge in [-0.05, 0) is 66.1 Å². The summed E-state index contributed by atoms with van der Waals surface area (Å²) in [5.74, 6) is -0.139. The SMILES string of the molecule is CC(C)c1ccc(C#N)cc1N1C(=O)CSC1=NC(=O)Nc1ccc(-c2ncn(-c3ccc(S(=O)(=O)C(F)(F)F)cc3)n2)cc1C#N. The van der Waals surface area contributed by atoms with Crippen LogP contribution in [0, 0.1) is 22.7 Å². The molecule has 1 aliphatic heterocycles. The lowest BCUT2D eigenvalue weighted by atomic mass is 9.98. The first-order chi connectivity index (χ1) is 22.2. The van der Waals surface area contributed by atoms with Gasteiger partial charge in [0.25, 0.3) is 9.84 Å². The molecule has 1 N–H and O–H groups in total. The van der Waals surface area contributed by atoms with Gasteiger partial charge in [0.15, 0.2) is 11.0 Å². The number of halogens is 3. The zero-order valence-electron chi connectivity index (χ0n) is 24.3. The van der Waals surface area contributed by atoms with Crippen molar-refractivity contribution in [2.24, 2.45) is 4.99 Å². The zero-order valence-corrected chi connectivity index (χ0v) is 26.0. The van der Waals surface area contributed by atoms with Crippen LogP contribution in [-0.2, 0) is 14.6 Å². The van der Waals surface area contributed by atoms with E-state index in [9.17, 15) is 41.7 Å². The van der Waals surface area contributed by atoms with Gasteiger partial charge in [-0.15, -0.1) is 5.10 Å². The third-order valence-electron chi connectivity index (χ3n) is 6.83. The van der Waals surface area contributed by atoms with Crippen molar-refractivity contribution in [3.05, 3.63) is 83.7 Å². The van der Waals surface area contributed by atoms with E-state index in [1.165, 1.54) is 34.1 Å². The maximum Gasteiger partial charge on any atom is 0.501 e. The first-order valence-corrected chi connectivity index (χ1v) is 16.0. The summed E-state index contributed by atoms with van der Waals surface area (Å²) in [5.41, 5.74) is -3.12. The molecule has 0 bridgehead atoms. The molecule has 47 heavy (non-hydrogen) atoms. The molecule has 0 saturated carbocycles. The maximum absolute atomic E-state index is 13.0. The molecule has 0 atom stereocenters. The Labute approximate surface area is 270 Å². The summed E-state index contributed by atoms with van der Waals surface area (Å²) < 4.78 is 63.0. The highest BCUT2D eigenvalue weighted by Crippen LogP contribution is 2.35. The molecule has 1 aliphatic rings. The van der Waals surface area contributed by atoms with Crippen molar-refractivity contribution in [1.29, 1.82) is 10.5 Å². The smallest absolute Gasteiger partial charge is 0.305 e. The van der Waals surface area contributed by atoms with Crippen molar-refractivity contribution in [3.63, 3.8) is 0 Å². The molecule has 0 aliphatic carbocycles. The monoisotopic (exact) mass is 678 g/mol. The van der Waals surface area contributed by atoms with Crippen LogP contribution in [0.15, 0.2) is 76.9 Å². The average molecular weight is 679 g/mol. The summed E-state index contributed by atoms with van der Waals surface area (Å²) in [6, 6.07) is 16.4. The van der Waals surface area contributed by atoms with Gasteiger partial charge in [0, 0.05) is 5.56 Å². The molecule has 0 radical (unpaired) electrons. The zero-order chi connectivity index (χ0) is 34.1. The lowest BCUT2D eigenvalue weighted by Gasteiger charge is -2.21. The second-order valence-electron chi connectivity index (χ2n) is 10.2. The number of carbonyl (C=O) groups is 2. The van der Waals surface area contributed by atoms with Crippen LogP contribution in [0.25, 0.3) is 17.1 Å². The van der Waals surface area contributed by atoms with Crippen molar-refractivity contribution in [3.8, 4) is 29.2 Å². The van der Waals surface area contributed by atoms with Crippen LogP contribution >= 0.6 is 11.8 Å². The highest BCUT2D eigenvalue weighted by Gasteiger charge is 2.46. The van der Waals surface area contributed by atoms with E-state index in [0.717, 1.165) is 41.6 Å². The lowest BCUT2D eigenvalue weighted by Crippen LogP contribution is -2.31. The number of nitrogens with one attached hydrogen (secondary N) is 1. The van der Waals surface area contributed by atoms with Crippen molar-refractivity contribution >= 4 is 50.1 Å². The minimum Gasteiger partial charge on any atom is -0.305 e. The summed E-state index contributed by atoms with van der Waals surface area (Å²) in [6.45, 7) is 3.87. The fraction of sp³-hybridized carbons (Fsp3) is 0.167. The molecule has 3 aromatic carbocycles. The highest BCUT2D eigenvalue weighted by molar-refractivity contribution is 8.15. The Morgan fingerprint density at radius 2 is 1.79 bits per heavy atom. The largest absolute Gasteiger partial charge is 0.501 e. The Hall–Kier alpha value is -5.52. The van der Waals surface area contributed by atoms with E-state index in [0.29, 0.717) is 16.8 Å². The minimum atomic E-state index is -5.51. The highest BCUT2D eigenvalue weighted by atomic mass is 32.2. The summed E-state index contributed by atoms with van der Waals surface area (Å²) in [4.78, 5) is 34.4. The Morgan fingerprint density at radius 1 is 1.06 bits per heavy atom. The molecule has 3 amide bonds. The summed E-state index contributed by atoms with van der Waals surface area (Å²) >= 11 is 1.06. The second kappa shape index (κ2) is 12.7. The second-order valence-corrected chi connectivity index (χ2v) is 13.1. The van der Waals surface area contributed by atoms with E-state index >= 15 is 0 Å². The van der Waals surface area contributed by atoms with Gasteiger partial charge < -0.3 is 5.32 Å². The number of anilines is 2. The van der Waals surface area contributed by atoms with Crippen LogP contribution < -0.4 is 10.2 Å². The number of aromatic nitrogens is 3. The predicted octanol–water partition coefficient (Wildman–Crippen LogP) is 5.76. The molecular weight excluding hydrogens is 658 g/mol. The van der Waals surface area contributed by atoms with E-state index in [1.807, 2.05) is 19.9 Å². The number of hydrogen-bond acceptors (Lipinski definition) is 9. The van der Waals surface area contributed by atoms with Gasteiger partial charge in [0.1, 0.15) is 12.4 Å². The number of amides is 3. The summed E-state index contributed by atoms with van der Waals surface area (Å²) in [6.07, 6.45) is 1.25. The molecule has 1 fully saturated rings. The van der Waals surface area contributed by atoms with Crippen LogP contribution in [0.4, 0.5) is 29.3 Å². The van der Waals surface area contributed by atoms with Gasteiger partial charge in [0.05, 0.1) is 44.9 Å². The van der Waals surface area contributed by atoms with Gasteiger partial charge in [-0.2, -0.15) is 28.7 Å². The van der Waals surface area contributed by atoms with E-state index in [-0.39, 0.29) is 45.5 Å². The molecule has 4 aromatic rings. The summed E-state index contributed by atoms with van der Waals surface area (Å²) in [7, 11) is -5.51.